The second kappa shape index (κ2) is 9.25. The molecule has 2 fully saturated rings. The molecule has 3 aliphatic rings. The molecule has 10 heteroatoms. The monoisotopic (exact) mass is 520 g/mol. The number of ether oxygens (including phenoxy) is 2. The molecule has 0 bridgehead atoms. The molecule has 1 aromatic carbocycles. The van der Waals surface area contributed by atoms with E-state index in [0.717, 1.165) is 31.5 Å². The van der Waals surface area contributed by atoms with Crippen LogP contribution in [-0.4, -0.2) is 44.4 Å². The second-order valence-corrected chi connectivity index (χ2v) is 10.9. The lowest BCUT2D eigenvalue weighted by Gasteiger charge is -2.32. The largest absolute Gasteiger partial charge is 0.454 e. The van der Waals surface area contributed by atoms with E-state index in [1.54, 1.807) is 23.2 Å². The fourth-order valence-electron chi connectivity index (χ4n) is 4.67. The molecule has 0 saturated carbocycles. The van der Waals surface area contributed by atoms with Crippen molar-refractivity contribution in [3.05, 3.63) is 69.0 Å². The number of amides is 1. The van der Waals surface area contributed by atoms with Gasteiger partial charge in [-0.3, -0.25) is 18.9 Å². The minimum Gasteiger partial charge on any atom is -0.454 e. The van der Waals surface area contributed by atoms with E-state index in [0.29, 0.717) is 50.2 Å². The number of anilines is 1. The summed E-state index contributed by atoms with van der Waals surface area (Å²) in [6, 6.07) is 11.1. The average Bonchev–Trinajstić information content (AvgIpc) is 3.46. The van der Waals surface area contributed by atoms with Gasteiger partial charge in [-0.25, -0.2) is 4.98 Å². The van der Waals surface area contributed by atoms with Crippen molar-refractivity contribution in [3.8, 4) is 11.5 Å². The third-order valence-electron chi connectivity index (χ3n) is 6.76. The summed E-state index contributed by atoms with van der Waals surface area (Å²) < 4.78 is 12.8. The molecule has 2 saturated heterocycles. The van der Waals surface area contributed by atoms with Crippen LogP contribution in [0.2, 0.25) is 0 Å². The number of aromatic nitrogens is 2. The van der Waals surface area contributed by atoms with Gasteiger partial charge < -0.3 is 14.4 Å². The first kappa shape index (κ1) is 23.1. The SMILES string of the molecule is CC1CCN(c2nc3ccccn3c(=O)c2C=C2SC(=S)N(Cc3ccc4c(c3)OCO4)C2=O)CC1. The first-order chi connectivity index (χ1) is 17.5. The van der Waals surface area contributed by atoms with Crippen LogP contribution in [0.3, 0.4) is 0 Å². The molecule has 36 heavy (non-hydrogen) atoms. The molecule has 5 heterocycles. The van der Waals surface area contributed by atoms with Crippen LogP contribution < -0.4 is 19.9 Å². The maximum atomic E-state index is 13.6. The number of rotatable bonds is 4. The topological polar surface area (TPSA) is 76.4 Å². The fourth-order valence-corrected chi connectivity index (χ4v) is 5.90. The molecule has 0 aliphatic carbocycles. The third-order valence-corrected chi connectivity index (χ3v) is 8.14. The average molecular weight is 521 g/mol. The van der Waals surface area contributed by atoms with Gasteiger partial charge in [-0.15, -0.1) is 0 Å². The minimum absolute atomic E-state index is 0.191. The zero-order chi connectivity index (χ0) is 24.8. The van der Waals surface area contributed by atoms with Crippen molar-refractivity contribution in [2.75, 3.05) is 24.8 Å². The standard InChI is InChI=1S/C26H24N4O4S2/c1-16-7-10-28(11-8-16)23-18(24(31)29-9-3-2-4-22(29)27-23)13-21-25(32)30(26(35)36-21)14-17-5-6-19-20(12-17)34-15-33-19/h2-6,9,12-13,16H,7-8,10-11,14-15H2,1H3. The molecule has 0 radical (unpaired) electrons. The summed E-state index contributed by atoms with van der Waals surface area (Å²) in [5, 5.41) is 0. The Bertz CT molecular complexity index is 1480. The summed E-state index contributed by atoms with van der Waals surface area (Å²) in [6.07, 6.45) is 5.44. The lowest BCUT2D eigenvalue weighted by atomic mass is 9.99. The Labute approximate surface area is 217 Å². The van der Waals surface area contributed by atoms with Crippen molar-refractivity contribution in [3.63, 3.8) is 0 Å². The van der Waals surface area contributed by atoms with Crippen molar-refractivity contribution in [2.45, 2.75) is 26.3 Å². The first-order valence-electron chi connectivity index (χ1n) is 11.9. The lowest BCUT2D eigenvalue weighted by Crippen LogP contribution is -2.36. The number of carbonyl (C=O) groups is 1. The van der Waals surface area contributed by atoms with Crippen molar-refractivity contribution in [1.29, 1.82) is 0 Å². The third kappa shape index (κ3) is 4.14. The molecular formula is C26H24N4O4S2. The van der Waals surface area contributed by atoms with Gasteiger partial charge in [0.2, 0.25) is 6.79 Å². The molecule has 1 amide bonds. The molecule has 0 unspecified atom stereocenters. The molecule has 0 N–H and O–H groups in total. The molecular weight excluding hydrogens is 496 g/mol. The van der Waals surface area contributed by atoms with E-state index in [2.05, 4.69) is 11.8 Å². The summed E-state index contributed by atoms with van der Waals surface area (Å²) in [7, 11) is 0. The van der Waals surface area contributed by atoms with Gasteiger partial charge in [-0.2, -0.15) is 0 Å². The van der Waals surface area contributed by atoms with Gasteiger partial charge in [0.05, 0.1) is 17.0 Å². The number of thiocarbonyl (C=S) groups is 1. The molecule has 8 nitrogen and oxygen atoms in total. The normalized spacial score (nSPS) is 19.2. The lowest BCUT2D eigenvalue weighted by molar-refractivity contribution is -0.122. The quantitative estimate of drug-likeness (QED) is 0.377. The first-order valence-corrected chi connectivity index (χ1v) is 13.1. The van der Waals surface area contributed by atoms with Gasteiger partial charge in [0.25, 0.3) is 11.5 Å². The van der Waals surface area contributed by atoms with Gasteiger partial charge in [-0.1, -0.05) is 43.0 Å². The molecule has 2 aromatic heterocycles. The van der Waals surface area contributed by atoms with E-state index in [1.807, 2.05) is 30.3 Å². The summed E-state index contributed by atoms with van der Waals surface area (Å²) >= 11 is 6.76. The Kier molecular flexibility index (Phi) is 5.93. The van der Waals surface area contributed by atoms with Crippen LogP contribution >= 0.6 is 24.0 Å². The highest BCUT2D eigenvalue weighted by atomic mass is 32.2. The highest BCUT2D eigenvalue weighted by molar-refractivity contribution is 8.26. The number of carbonyl (C=O) groups excluding carboxylic acids is 1. The summed E-state index contributed by atoms with van der Waals surface area (Å²) in [5.41, 5.74) is 1.68. The van der Waals surface area contributed by atoms with Crippen molar-refractivity contribution < 1.29 is 14.3 Å². The van der Waals surface area contributed by atoms with E-state index in [1.165, 1.54) is 16.2 Å². The molecule has 0 spiro atoms. The second-order valence-electron chi connectivity index (χ2n) is 9.21. The van der Waals surface area contributed by atoms with Crippen LogP contribution in [0, 0.1) is 5.92 Å². The fraction of sp³-hybridized carbons (Fsp3) is 0.308. The van der Waals surface area contributed by atoms with Gasteiger partial charge in [0, 0.05) is 19.3 Å². The maximum Gasteiger partial charge on any atom is 0.267 e. The van der Waals surface area contributed by atoms with Crippen LogP contribution in [-0.2, 0) is 11.3 Å². The highest BCUT2D eigenvalue weighted by Crippen LogP contribution is 2.37. The Morgan fingerprint density at radius 3 is 2.78 bits per heavy atom. The Morgan fingerprint density at radius 2 is 1.94 bits per heavy atom. The molecule has 0 atom stereocenters. The van der Waals surface area contributed by atoms with E-state index < -0.39 is 0 Å². The Balaban J connectivity index is 1.36. The maximum absolute atomic E-state index is 13.6. The number of pyridine rings is 1. The Morgan fingerprint density at radius 1 is 1.14 bits per heavy atom. The number of thioether (sulfide) groups is 1. The zero-order valence-corrected chi connectivity index (χ0v) is 21.3. The van der Waals surface area contributed by atoms with Crippen LogP contribution in [0.5, 0.6) is 11.5 Å². The highest BCUT2D eigenvalue weighted by Gasteiger charge is 2.33. The number of nitrogens with zero attached hydrogens (tertiary/aromatic N) is 4. The molecule has 6 rings (SSSR count). The van der Waals surface area contributed by atoms with Gasteiger partial charge in [-0.05, 0) is 54.7 Å². The number of fused-ring (bicyclic) bond motifs is 2. The molecule has 3 aromatic rings. The minimum atomic E-state index is -0.224. The smallest absolute Gasteiger partial charge is 0.267 e. The van der Waals surface area contributed by atoms with Gasteiger partial charge >= 0.3 is 0 Å². The number of benzene rings is 1. The molecule has 184 valence electrons. The van der Waals surface area contributed by atoms with Gasteiger partial charge in [0.1, 0.15) is 15.8 Å². The van der Waals surface area contributed by atoms with E-state index in [9.17, 15) is 9.59 Å². The van der Waals surface area contributed by atoms with E-state index in [4.69, 9.17) is 26.7 Å². The summed E-state index contributed by atoms with van der Waals surface area (Å²) in [4.78, 5) is 36.0. The van der Waals surface area contributed by atoms with Crippen molar-refractivity contribution in [1.82, 2.24) is 14.3 Å². The van der Waals surface area contributed by atoms with E-state index >= 15 is 0 Å². The van der Waals surface area contributed by atoms with Crippen molar-refractivity contribution >= 4 is 51.7 Å². The summed E-state index contributed by atoms with van der Waals surface area (Å²) in [6.45, 7) is 4.39. The summed E-state index contributed by atoms with van der Waals surface area (Å²) in [5.74, 6) is 2.38. The zero-order valence-electron chi connectivity index (χ0n) is 19.7. The van der Waals surface area contributed by atoms with Crippen LogP contribution in [0.25, 0.3) is 11.7 Å². The van der Waals surface area contributed by atoms with Crippen LogP contribution in [0.15, 0.2) is 52.3 Å². The molecule has 3 aliphatic heterocycles. The van der Waals surface area contributed by atoms with Crippen molar-refractivity contribution in [2.24, 2.45) is 5.92 Å². The number of piperidine rings is 1. The van der Waals surface area contributed by atoms with Crippen LogP contribution in [0.1, 0.15) is 30.9 Å². The predicted octanol–water partition coefficient (Wildman–Crippen LogP) is 4.06. The predicted molar refractivity (Wildman–Crippen MR) is 143 cm³/mol. The van der Waals surface area contributed by atoms with E-state index in [-0.39, 0.29) is 18.3 Å². The number of hydrogen-bond acceptors (Lipinski definition) is 8. The van der Waals surface area contributed by atoms with Crippen LogP contribution in [0.4, 0.5) is 5.82 Å². The van der Waals surface area contributed by atoms with Gasteiger partial charge in [0.15, 0.2) is 11.5 Å². The number of hydrogen-bond donors (Lipinski definition) is 0. The Hall–Kier alpha value is -3.37.